The van der Waals surface area contributed by atoms with Crippen molar-refractivity contribution in [1.82, 2.24) is 14.9 Å². The lowest BCUT2D eigenvalue weighted by molar-refractivity contribution is -0.138. The molecule has 31 heavy (non-hydrogen) atoms. The SMILES string of the molecule is Cc1cc(-c2ncc(Br)cn2)cc(C)c1C1C(=O)CC(CC(=O)N2CCOCC2)C1=O. The lowest BCUT2D eigenvalue weighted by atomic mass is 9.86. The van der Waals surface area contributed by atoms with Crippen LogP contribution in [0.25, 0.3) is 11.4 Å². The van der Waals surface area contributed by atoms with E-state index in [1.165, 1.54) is 0 Å². The summed E-state index contributed by atoms with van der Waals surface area (Å²) < 4.78 is 6.07. The second kappa shape index (κ2) is 8.96. The molecule has 0 spiro atoms. The number of benzene rings is 1. The maximum absolute atomic E-state index is 13.2. The van der Waals surface area contributed by atoms with E-state index in [2.05, 4.69) is 25.9 Å². The summed E-state index contributed by atoms with van der Waals surface area (Å²) in [5, 5.41) is 0. The van der Waals surface area contributed by atoms with Crippen LogP contribution in [0.3, 0.4) is 0 Å². The van der Waals surface area contributed by atoms with Gasteiger partial charge in [-0.05, 0) is 58.6 Å². The van der Waals surface area contributed by atoms with Crippen LogP contribution in [0.1, 0.15) is 35.4 Å². The van der Waals surface area contributed by atoms with Crippen LogP contribution in [0.5, 0.6) is 0 Å². The van der Waals surface area contributed by atoms with E-state index in [0.29, 0.717) is 32.1 Å². The molecule has 4 rings (SSSR count). The van der Waals surface area contributed by atoms with E-state index in [0.717, 1.165) is 26.7 Å². The van der Waals surface area contributed by atoms with Crippen LogP contribution in [-0.4, -0.2) is 58.6 Å². The third-order valence-corrected chi connectivity index (χ3v) is 6.41. The summed E-state index contributed by atoms with van der Waals surface area (Å²) in [6.45, 7) is 5.90. The average Bonchev–Trinajstić information content (AvgIpc) is 3.02. The number of hydrogen-bond donors (Lipinski definition) is 0. The van der Waals surface area contributed by atoms with Gasteiger partial charge in [-0.25, -0.2) is 9.97 Å². The smallest absolute Gasteiger partial charge is 0.223 e. The summed E-state index contributed by atoms with van der Waals surface area (Å²) in [5.41, 5.74) is 3.29. The number of aryl methyl sites for hydroxylation is 2. The molecular formula is C23H24BrN3O4. The highest BCUT2D eigenvalue weighted by Crippen LogP contribution is 2.38. The average molecular weight is 486 g/mol. The van der Waals surface area contributed by atoms with Gasteiger partial charge in [-0.2, -0.15) is 0 Å². The molecule has 2 fully saturated rings. The Bertz CT molecular complexity index is 1010. The number of ketones is 2. The molecule has 1 aromatic carbocycles. The predicted octanol–water partition coefficient (Wildman–Crippen LogP) is 3.01. The maximum atomic E-state index is 13.2. The highest BCUT2D eigenvalue weighted by atomic mass is 79.9. The number of nitrogens with zero attached hydrogens (tertiary/aromatic N) is 3. The first-order valence-electron chi connectivity index (χ1n) is 10.4. The molecule has 2 heterocycles. The Morgan fingerprint density at radius 1 is 1.13 bits per heavy atom. The molecule has 2 unspecified atom stereocenters. The fraction of sp³-hybridized carbons (Fsp3) is 0.435. The van der Waals surface area contributed by atoms with E-state index in [-0.39, 0.29) is 30.3 Å². The summed E-state index contributed by atoms with van der Waals surface area (Å²) in [4.78, 5) is 49.0. The van der Waals surface area contributed by atoms with Crippen LogP contribution in [0, 0.1) is 19.8 Å². The molecule has 2 aliphatic rings. The molecule has 1 aliphatic carbocycles. The quantitative estimate of drug-likeness (QED) is 0.618. The molecule has 1 saturated heterocycles. The van der Waals surface area contributed by atoms with Crippen molar-refractivity contribution < 1.29 is 19.1 Å². The van der Waals surface area contributed by atoms with Gasteiger partial charge >= 0.3 is 0 Å². The minimum absolute atomic E-state index is 0.0775. The zero-order valence-corrected chi connectivity index (χ0v) is 19.1. The third kappa shape index (κ3) is 4.45. The summed E-state index contributed by atoms with van der Waals surface area (Å²) in [6, 6.07) is 3.83. The van der Waals surface area contributed by atoms with Gasteiger partial charge in [0.1, 0.15) is 11.7 Å². The molecule has 1 amide bonds. The zero-order valence-electron chi connectivity index (χ0n) is 17.6. The second-order valence-corrected chi connectivity index (χ2v) is 9.06. The molecule has 2 aromatic rings. The first kappa shape index (κ1) is 21.8. The Morgan fingerprint density at radius 3 is 2.35 bits per heavy atom. The molecule has 162 valence electrons. The molecule has 0 radical (unpaired) electrons. The summed E-state index contributed by atoms with van der Waals surface area (Å²) in [7, 11) is 0. The maximum Gasteiger partial charge on any atom is 0.223 e. The van der Waals surface area contributed by atoms with Gasteiger partial charge in [-0.1, -0.05) is 0 Å². The van der Waals surface area contributed by atoms with E-state index in [1.807, 2.05) is 26.0 Å². The standard InChI is InChI=1S/C23H24BrN3O4/c1-13-7-16(23-25-11-17(24)12-26-23)8-14(2)20(13)21-18(28)9-15(22(21)30)10-19(29)27-3-5-31-6-4-27/h7-8,11-12,15,21H,3-6,9-10H2,1-2H3. The van der Waals surface area contributed by atoms with Gasteiger partial charge in [0.15, 0.2) is 11.6 Å². The van der Waals surface area contributed by atoms with E-state index < -0.39 is 11.8 Å². The van der Waals surface area contributed by atoms with Crippen LogP contribution in [-0.2, 0) is 19.1 Å². The van der Waals surface area contributed by atoms with Crippen molar-refractivity contribution in [3.63, 3.8) is 0 Å². The highest BCUT2D eigenvalue weighted by molar-refractivity contribution is 9.10. The van der Waals surface area contributed by atoms with Gasteiger partial charge in [0, 0.05) is 49.8 Å². The van der Waals surface area contributed by atoms with E-state index in [1.54, 1.807) is 17.3 Å². The van der Waals surface area contributed by atoms with Gasteiger partial charge in [0.2, 0.25) is 5.91 Å². The van der Waals surface area contributed by atoms with Crippen LogP contribution in [0.2, 0.25) is 0 Å². The fourth-order valence-electron chi connectivity index (χ4n) is 4.50. The number of carbonyl (C=O) groups is 3. The molecule has 8 heteroatoms. The van der Waals surface area contributed by atoms with Gasteiger partial charge in [-0.3, -0.25) is 14.4 Å². The highest BCUT2D eigenvalue weighted by Gasteiger charge is 2.44. The van der Waals surface area contributed by atoms with Gasteiger partial charge in [0.05, 0.1) is 17.7 Å². The first-order valence-corrected chi connectivity index (χ1v) is 11.2. The largest absolute Gasteiger partial charge is 0.378 e. The Balaban J connectivity index is 1.56. The van der Waals surface area contributed by atoms with Gasteiger partial charge < -0.3 is 9.64 Å². The number of halogens is 1. The van der Waals surface area contributed by atoms with Crippen molar-refractivity contribution in [2.75, 3.05) is 26.3 Å². The van der Waals surface area contributed by atoms with Crippen LogP contribution >= 0.6 is 15.9 Å². The Hall–Kier alpha value is -2.45. The van der Waals surface area contributed by atoms with Crippen LogP contribution < -0.4 is 0 Å². The molecule has 1 aromatic heterocycles. The molecule has 2 atom stereocenters. The number of morpholine rings is 1. The lowest BCUT2D eigenvalue weighted by Gasteiger charge is -2.27. The minimum atomic E-state index is -0.803. The Labute approximate surface area is 189 Å². The summed E-state index contributed by atoms with van der Waals surface area (Å²) >= 11 is 3.33. The Morgan fingerprint density at radius 2 is 1.74 bits per heavy atom. The molecule has 0 bridgehead atoms. The number of Topliss-reactive ketones (excluding diaryl/α,β-unsaturated/α-hetero) is 2. The molecule has 1 saturated carbocycles. The Kier molecular flexibility index (Phi) is 6.29. The number of amides is 1. The fourth-order valence-corrected chi connectivity index (χ4v) is 4.71. The lowest BCUT2D eigenvalue weighted by Crippen LogP contribution is -2.41. The molecule has 0 N–H and O–H groups in total. The molecular weight excluding hydrogens is 462 g/mol. The van der Waals surface area contributed by atoms with Crippen molar-refractivity contribution in [3.8, 4) is 11.4 Å². The number of carbonyl (C=O) groups excluding carboxylic acids is 3. The zero-order chi connectivity index (χ0) is 22.1. The minimum Gasteiger partial charge on any atom is -0.378 e. The topological polar surface area (TPSA) is 89.5 Å². The third-order valence-electron chi connectivity index (χ3n) is 6.00. The first-order chi connectivity index (χ1) is 14.8. The number of ether oxygens (including phenoxy) is 1. The molecule has 7 nitrogen and oxygen atoms in total. The van der Waals surface area contributed by atoms with E-state index in [4.69, 9.17) is 4.74 Å². The van der Waals surface area contributed by atoms with Crippen LogP contribution in [0.4, 0.5) is 0 Å². The van der Waals surface area contributed by atoms with E-state index >= 15 is 0 Å². The number of rotatable bonds is 4. The van der Waals surface area contributed by atoms with E-state index in [9.17, 15) is 14.4 Å². The second-order valence-electron chi connectivity index (χ2n) is 8.15. The predicted molar refractivity (Wildman–Crippen MR) is 118 cm³/mol. The number of aromatic nitrogens is 2. The summed E-state index contributed by atoms with van der Waals surface area (Å²) in [5.74, 6) is -1.11. The van der Waals surface area contributed by atoms with Crippen molar-refractivity contribution >= 4 is 33.4 Å². The van der Waals surface area contributed by atoms with Crippen molar-refractivity contribution in [1.29, 1.82) is 0 Å². The van der Waals surface area contributed by atoms with Crippen molar-refractivity contribution in [3.05, 3.63) is 45.7 Å². The van der Waals surface area contributed by atoms with Crippen molar-refractivity contribution in [2.45, 2.75) is 32.6 Å². The molecule has 1 aliphatic heterocycles. The monoisotopic (exact) mass is 485 g/mol. The van der Waals surface area contributed by atoms with Gasteiger partial charge in [-0.15, -0.1) is 0 Å². The van der Waals surface area contributed by atoms with Crippen molar-refractivity contribution in [2.24, 2.45) is 5.92 Å². The van der Waals surface area contributed by atoms with Crippen LogP contribution in [0.15, 0.2) is 29.0 Å². The summed E-state index contributed by atoms with van der Waals surface area (Å²) in [6.07, 6.45) is 3.57. The number of hydrogen-bond acceptors (Lipinski definition) is 6. The van der Waals surface area contributed by atoms with Gasteiger partial charge in [0.25, 0.3) is 0 Å². The normalized spacial score (nSPS) is 21.6.